The van der Waals surface area contributed by atoms with Crippen molar-refractivity contribution in [1.82, 2.24) is 25.5 Å². The molecule has 1 saturated heterocycles. The highest BCUT2D eigenvalue weighted by Crippen LogP contribution is 2.29. The summed E-state index contributed by atoms with van der Waals surface area (Å²) in [6, 6.07) is 1.86. The van der Waals surface area contributed by atoms with Crippen molar-refractivity contribution in [1.29, 1.82) is 0 Å². The van der Waals surface area contributed by atoms with E-state index in [0.717, 1.165) is 18.4 Å². The molecular weight excluding hydrogens is 314 g/mol. The molecule has 0 radical (unpaired) electrons. The van der Waals surface area contributed by atoms with E-state index in [-0.39, 0.29) is 12.0 Å². The lowest BCUT2D eigenvalue weighted by atomic mass is 9.97. The van der Waals surface area contributed by atoms with Crippen LogP contribution in [-0.2, 0) is 4.74 Å². The number of hydrogen-bond donors (Lipinski definition) is 1. The average Bonchev–Trinajstić information content (AvgIpc) is 3.21. The summed E-state index contributed by atoms with van der Waals surface area (Å²) >= 11 is 1.42. The van der Waals surface area contributed by atoms with Crippen LogP contribution >= 0.6 is 11.3 Å². The minimum Gasteiger partial charge on any atom is -0.371 e. The summed E-state index contributed by atoms with van der Waals surface area (Å²) in [6.45, 7) is 1.36. The highest BCUT2D eigenvalue weighted by molar-refractivity contribution is 7.12. The van der Waals surface area contributed by atoms with Crippen LogP contribution in [0.3, 0.4) is 0 Å². The van der Waals surface area contributed by atoms with Crippen LogP contribution in [-0.4, -0.2) is 56.7 Å². The molecule has 2 aromatic rings. The van der Waals surface area contributed by atoms with Gasteiger partial charge in [0.2, 0.25) is 5.82 Å². The van der Waals surface area contributed by atoms with Crippen molar-refractivity contribution in [3.8, 4) is 11.4 Å². The van der Waals surface area contributed by atoms with Gasteiger partial charge >= 0.3 is 0 Å². The number of ether oxygens (including phenoxy) is 1. The van der Waals surface area contributed by atoms with Crippen LogP contribution in [0.1, 0.15) is 41.8 Å². The standard InChI is InChI=1S/C15H19N5O2S/c21-15(13-12(6-7-23-13)14-16-18-19-17-14)20-8-11(9-20)22-10-4-2-1-3-5-10/h6-7,10-11H,1-5,8-9H2,(H,16,17,18,19). The second-order valence-electron chi connectivity index (χ2n) is 6.13. The summed E-state index contributed by atoms with van der Waals surface area (Å²) in [5.41, 5.74) is 0.741. The second kappa shape index (κ2) is 6.37. The number of aromatic amines is 1. The Labute approximate surface area is 138 Å². The van der Waals surface area contributed by atoms with Crippen molar-refractivity contribution in [2.24, 2.45) is 0 Å². The van der Waals surface area contributed by atoms with E-state index in [1.165, 1.54) is 30.6 Å². The van der Waals surface area contributed by atoms with Crippen LogP contribution in [0, 0.1) is 0 Å². The van der Waals surface area contributed by atoms with Crippen LogP contribution in [0.25, 0.3) is 11.4 Å². The highest BCUT2D eigenvalue weighted by atomic mass is 32.1. The van der Waals surface area contributed by atoms with E-state index in [1.807, 2.05) is 16.3 Å². The number of rotatable bonds is 4. The maximum absolute atomic E-state index is 12.6. The Morgan fingerprint density at radius 2 is 2.09 bits per heavy atom. The Morgan fingerprint density at radius 3 is 2.83 bits per heavy atom. The number of thiophene rings is 1. The maximum atomic E-state index is 12.6. The first-order valence-corrected chi connectivity index (χ1v) is 8.95. The van der Waals surface area contributed by atoms with Gasteiger partial charge in [-0.05, 0) is 29.5 Å². The molecule has 4 rings (SSSR count). The van der Waals surface area contributed by atoms with E-state index < -0.39 is 0 Å². The molecule has 1 saturated carbocycles. The topological polar surface area (TPSA) is 84.0 Å². The van der Waals surface area contributed by atoms with E-state index in [0.29, 0.717) is 29.9 Å². The number of likely N-dealkylation sites (tertiary alicyclic amines) is 1. The van der Waals surface area contributed by atoms with E-state index in [4.69, 9.17) is 4.74 Å². The molecule has 2 aromatic heterocycles. The number of amides is 1. The number of carbonyl (C=O) groups excluding carboxylic acids is 1. The molecule has 0 atom stereocenters. The zero-order valence-electron chi connectivity index (χ0n) is 12.8. The molecule has 0 aromatic carbocycles. The van der Waals surface area contributed by atoms with Gasteiger partial charge in [0.25, 0.3) is 5.91 Å². The van der Waals surface area contributed by atoms with Crippen LogP contribution in [0.5, 0.6) is 0 Å². The van der Waals surface area contributed by atoms with Gasteiger partial charge < -0.3 is 9.64 Å². The normalized spacial score (nSPS) is 19.7. The molecule has 2 aliphatic rings. The Bertz CT molecular complexity index is 659. The molecule has 1 aliphatic carbocycles. The predicted molar refractivity (Wildman–Crippen MR) is 85.1 cm³/mol. The Hall–Kier alpha value is -1.80. The van der Waals surface area contributed by atoms with Crippen molar-refractivity contribution < 1.29 is 9.53 Å². The van der Waals surface area contributed by atoms with Gasteiger partial charge in [0.1, 0.15) is 4.88 Å². The highest BCUT2D eigenvalue weighted by Gasteiger charge is 2.35. The number of hydrogen-bond acceptors (Lipinski definition) is 6. The maximum Gasteiger partial charge on any atom is 0.264 e. The fourth-order valence-electron chi connectivity index (χ4n) is 3.23. The number of tetrazole rings is 1. The van der Waals surface area contributed by atoms with Crippen molar-refractivity contribution in [3.63, 3.8) is 0 Å². The first-order chi connectivity index (χ1) is 11.3. The van der Waals surface area contributed by atoms with Gasteiger partial charge in [-0.3, -0.25) is 4.79 Å². The predicted octanol–water partition coefficient (Wildman–Crippen LogP) is 2.10. The quantitative estimate of drug-likeness (QED) is 0.926. The number of nitrogens with one attached hydrogen (secondary N) is 1. The number of H-pyrrole nitrogens is 1. The number of nitrogens with zero attached hydrogens (tertiary/aromatic N) is 4. The van der Waals surface area contributed by atoms with E-state index in [9.17, 15) is 4.79 Å². The van der Waals surface area contributed by atoms with Crippen molar-refractivity contribution in [2.75, 3.05) is 13.1 Å². The molecule has 0 unspecified atom stereocenters. The molecule has 8 heteroatoms. The smallest absolute Gasteiger partial charge is 0.264 e. The minimum atomic E-state index is 0.0308. The van der Waals surface area contributed by atoms with Crippen LogP contribution in [0.4, 0.5) is 0 Å². The lowest BCUT2D eigenvalue weighted by Crippen LogP contribution is -2.55. The summed E-state index contributed by atoms with van der Waals surface area (Å²) in [4.78, 5) is 15.1. The third-order valence-electron chi connectivity index (χ3n) is 4.52. The van der Waals surface area contributed by atoms with E-state index in [1.54, 1.807) is 0 Å². The van der Waals surface area contributed by atoms with Crippen molar-refractivity contribution in [2.45, 2.75) is 44.3 Å². The molecule has 7 nitrogen and oxygen atoms in total. The first kappa shape index (κ1) is 14.8. The molecule has 0 bridgehead atoms. The summed E-state index contributed by atoms with van der Waals surface area (Å²) in [5.74, 6) is 0.494. The van der Waals surface area contributed by atoms with Gasteiger partial charge in [-0.1, -0.05) is 19.3 Å². The van der Waals surface area contributed by atoms with E-state index >= 15 is 0 Å². The molecule has 1 N–H and O–H groups in total. The number of carbonyl (C=O) groups is 1. The third kappa shape index (κ3) is 3.00. The molecule has 122 valence electrons. The van der Waals surface area contributed by atoms with Gasteiger partial charge in [0.05, 0.1) is 12.2 Å². The van der Waals surface area contributed by atoms with Gasteiger partial charge in [0, 0.05) is 18.7 Å². The molecule has 2 fully saturated rings. The van der Waals surface area contributed by atoms with Gasteiger partial charge in [-0.25, -0.2) is 0 Å². The Kier molecular flexibility index (Phi) is 4.09. The lowest BCUT2D eigenvalue weighted by molar-refractivity contribution is -0.0900. The molecular formula is C15H19N5O2S. The zero-order chi connectivity index (χ0) is 15.6. The summed E-state index contributed by atoms with van der Waals surface area (Å²) < 4.78 is 6.10. The number of aromatic nitrogens is 4. The lowest BCUT2D eigenvalue weighted by Gasteiger charge is -2.41. The summed E-state index contributed by atoms with van der Waals surface area (Å²) in [7, 11) is 0. The van der Waals surface area contributed by atoms with Gasteiger partial charge in [0.15, 0.2) is 0 Å². The summed E-state index contributed by atoms with van der Waals surface area (Å²) in [5, 5.41) is 15.8. The fourth-order valence-corrected chi connectivity index (χ4v) is 4.09. The monoisotopic (exact) mass is 333 g/mol. The third-order valence-corrected chi connectivity index (χ3v) is 5.42. The second-order valence-corrected chi connectivity index (χ2v) is 7.04. The average molecular weight is 333 g/mol. The zero-order valence-corrected chi connectivity index (χ0v) is 13.6. The van der Waals surface area contributed by atoms with Crippen LogP contribution in [0.15, 0.2) is 11.4 Å². The van der Waals surface area contributed by atoms with Gasteiger partial charge in [-0.15, -0.1) is 21.5 Å². The van der Waals surface area contributed by atoms with Crippen LogP contribution in [0.2, 0.25) is 0 Å². The molecule has 0 spiro atoms. The SMILES string of the molecule is O=C(c1sccc1-c1nn[nH]n1)N1CC(OC2CCCCC2)C1. The Balaban J connectivity index is 1.36. The largest absolute Gasteiger partial charge is 0.371 e. The molecule has 1 aliphatic heterocycles. The molecule has 3 heterocycles. The Morgan fingerprint density at radius 1 is 1.26 bits per heavy atom. The minimum absolute atomic E-state index is 0.0308. The molecule has 23 heavy (non-hydrogen) atoms. The molecule has 1 amide bonds. The van der Waals surface area contributed by atoms with Crippen molar-refractivity contribution in [3.05, 3.63) is 16.3 Å². The van der Waals surface area contributed by atoms with E-state index in [2.05, 4.69) is 20.6 Å². The van der Waals surface area contributed by atoms with Crippen LogP contribution < -0.4 is 0 Å². The van der Waals surface area contributed by atoms with Crippen molar-refractivity contribution >= 4 is 17.2 Å². The van der Waals surface area contributed by atoms with Gasteiger partial charge in [-0.2, -0.15) is 5.21 Å². The summed E-state index contributed by atoms with van der Waals surface area (Å²) in [6.07, 6.45) is 6.77. The fraction of sp³-hybridized carbons (Fsp3) is 0.600. The first-order valence-electron chi connectivity index (χ1n) is 8.07.